The van der Waals surface area contributed by atoms with E-state index in [0.717, 1.165) is 41.7 Å². The third kappa shape index (κ3) is 5.35. The minimum Gasteiger partial charge on any atom is -0.484 e. The number of ether oxygens (including phenoxy) is 2. The smallest absolute Gasteiger partial charge is 0.484 e. The molecule has 0 fully saturated rings. The zero-order chi connectivity index (χ0) is 25.9. The van der Waals surface area contributed by atoms with E-state index in [-0.39, 0.29) is 34.3 Å². The van der Waals surface area contributed by atoms with Crippen molar-refractivity contribution >= 4 is 39.5 Å². The molecule has 0 atom stereocenters. The molecule has 0 unspecified atom stereocenters. The molecule has 0 saturated carbocycles. The van der Waals surface area contributed by atoms with Crippen molar-refractivity contribution < 1.29 is 32.2 Å². The molecule has 4 rings (SSSR count). The fourth-order valence-electron chi connectivity index (χ4n) is 3.79. The maximum Gasteiger partial charge on any atom is 0.511 e. The molecule has 2 N–H and O–H groups in total. The summed E-state index contributed by atoms with van der Waals surface area (Å²) in [5, 5.41) is 9.30. The second kappa shape index (κ2) is 10.6. The van der Waals surface area contributed by atoms with Crippen LogP contribution in [0.3, 0.4) is 0 Å². The SMILES string of the molecule is CCN(CC)C/C=C\c1cc(F)ccc1S(=O)(=O)Nc1ccc2c(c1OC(=O)O)OCc1cnsc1-2. The van der Waals surface area contributed by atoms with E-state index in [9.17, 15) is 22.7 Å². The molecule has 1 aromatic heterocycles. The highest BCUT2D eigenvalue weighted by atomic mass is 32.2. The Morgan fingerprint density at radius 1 is 1.31 bits per heavy atom. The van der Waals surface area contributed by atoms with Gasteiger partial charge in [0.2, 0.25) is 5.75 Å². The van der Waals surface area contributed by atoms with Gasteiger partial charge in [-0.2, -0.15) is 0 Å². The Kier molecular flexibility index (Phi) is 7.57. The monoisotopic (exact) mass is 533 g/mol. The molecular formula is C24H24FN3O6S2. The summed E-state index contributed by atoms with van der Waals surface area (Å²) >= 11 is 1.21. The van der Waals surface area contributed by atoms with Crippen molar-refractivity contribution in [3.8, 4) is 21.9 Å². The number of fused-ring (bicyclic) bond motifs is 3. The van der Waals surface area contributed by atoms with Crippen LogP contribution in [0.5, 0.6) is 11.5 Å². The van der Waals surface area contributed by atoms with Gasteiger partial charge >= 0.3 is 6.16 Å². The average molecular weight is 534 g/mol. The van der Waals surface area contributed by atoms with E-state index >= 15 is 0 Å². The molecule has 190 valence electrons. The normalized spacial score (nSPS) is 12.8. The summed E-state index contributed by atoms with van der Waals surface area (Å²) in [6.45, 7) is 6.33. The second-order valence-electron chi connectivity index (χ2n) is 7.83. The van der Waals surface area contributed by atoms with Gasteiger partial charge in [-0.1, -0.05) is 26.0 Å². The van der Waals surface area contributed by atoms with Gasteiger partial charge < -0.3 is 19.5 Å². The van der Waals surface area contributed by atoms with Crippen molar-refractivity contribution in [2.75, 3.05) is 24.4 Å². The van der Waals surface area contributed by atoms with Crippen LogP contribution < -0.4 is 14.2 Å². The van der Waals surface area contributed by atoms with Gasteiger partial charge in [0.05, 0.1) is 15.5 Å². The number of nitrogens with zero attached hydrogens (tertiary/aromatic N) is 2. The Morgan fingerprint density at radius 2 is 2.08 bits per heavy atom. The number of aromatic nitrogens is 1. The van der Waals surface area contributed by atoms with Crippen LogP contribution in [0.1, 0.15) is 25.0 Å². The highest BCUT2D eigenvalue weighted by Gasteiger charge is 2.29. The zero-order valence-electron chi connectivity index (χ0n) is 19.5. The largest absolute Gasteiger partial charge is 0.511 e. The number of likely N-dealkylation sites (N-methyl/N-ethyl adjacent to an activating group) is 1. The van der Waals surface area contributed by atoms with Crippen LogP contribution in [0.15, 0.2) is 47.5 Å². The van der Waals surface area contributed by atoms with E-state index < -0.39 is 22.0 Å². The molecule has 2 aromatic carbocycles. The van der Waals surface area contributed by atoms with Crippen molar-refractivity contribution in [3.63, 3.8) is 0 Å². The Hall–Kier alpha value is -3.48. The fraction of sp³-hybridized carbons (Fsp3) is 0.250. The number of rotatable bonds is 9. The lowest BCUT2D eigenvalue weighted by atomic mass is 10.1. The number of carbonyl (C=O) groups is 1. The molecule has 1 aliphatic rings. The van der Waals surface area contributed by atoms with Gasteiger partial charge in [-0.05, 0) is 60.5 Å². The molecule has 1 aliphatic heterocycles. The Labute approximate surface area is 212 Å². The Morgan fingerprint density at radius 3 is 2.81 bits per heavy atom. The van der Waals surface area contributed by atoms with Crippen LogP contribution in [0, 0.1) is 5.82 Å². The number of halogens is 1. The highest BCUT2D eigenvalue weighted by Crippen LogP contribution is 2.49. The van der Waals surface area contributed by atoms with Gasteiger partial charge in [0.25, 0.3) is 10.0 Å². The Bertz CT molecular complexity index is 1420. The number of anilines is 1. The highest BCUT2D eigenvalue weighted by molar-refractivity contribution is 7.92. The van der Waals surface area contributed by atoms with E-state index in [4.69, 9.17) is 9.47 Å². The zero-order valence-corrected chi connectivity index (χ0v) is 21.2. The van der Waals surface area contributed by atoms with Crippen LogP contribution in [0.2, 0.25) is 0 Å². The summed E-state index contributed by atoms with van der Waals surface area (Å²) in [7, 11) is -4.28. The predicted molar refractivity (Wildman–Crippen MR) is 135 cm³/mol. The first kappa shape index (κ1) is 25.6. The van der Waals surface area contributed by atoms with Gasteiger partial charge in [0, 0.05) is 23.9 Å². The van der Waals surface area contributed by atoms with Gasteiger partial charge in [-0.15, -0.1) is 0 Å². The lowest BCUT2D eigenvalue weighted by Crippen LogP contribution is -2.22. The number of benzene rings is 2. The second-order valence-corrected chi connectivity index (χ2v) is 10.3. The van der Waals surface area contributed by atoms with Crippen molar-refractivity contribution in [3.05, 3.63) is 59.5 Å². The first-order valence-corrected chi connectivity index (χ1v) is 13.3. The molecule has 12 heteroatoms. The van der Waals surface area contributed by atoms with Crippen molar-refractivity contribution in [1.29, 1.82) is 0 Å². The number of hydrogen-bond donors (Lipinski definition) is 2. The van der Waals surface area contributed by atoms with Crippen molar-refractivity contribution in [2.45, 2.75) is 25.3 Å². The van der Waals surface area contributed by atoms with E-state index in [1.807, 2.05) is 13.8 Å². The maximum atomic E-state index is 14.0. The fourth-order valence-corrected chi connectivity index (χ4v) is 5.81. The molecule has 3 aromatic rings. The van der Waals surface area contributed by atoms with E-state index in [1.54, 1.807) is 24.4 Å². The molecule has 2 heterocycles. The standard InChI is InChI=1S/C24H24FN3O6S2/c1-3-28(4-2)11-5-6-15-12-17(25)7-10-20(15)36(31,32)27-19-9-8-18-21(22(19)34-24(29)30)33-14-16-13-26-35-23(16)18/h5-10,12-13,27H,3-4,11,14H2,1-2H3,(H,29,30)/b6-5-. The molecule has 9 nitrogen and oxygen atoms in total. The molecule has 0 spiro atoms. The molecular weight excluding hydrogens is 509 g/mol. The lowest BCUT2D eigenvalue weighted by molar-refractivity contribution is 0.142. The van der Waals surface area contributed by atoms with E-state index in [1.165, 1.54) is 17.6 Å². The topological polar surface area (TPSA) is 118 Å². The van der Waals surface area contributed by atoms with Gasteiger partial charge in [0.15, 0.2) is 5.75 Å². The summed E-state index contributed by atoms with van der Waals surface area (Å²) in [6, 6.07) is 6.33. The molecule has 36 heavy (non-hydrogen) atoms. The number of nitrogens with one attached hydrogen (secondary N) is 1. The third-order valence-electron chi connectivity index (χ3n) is 5.62. The molecule has 0 saturated heterocycles. The number of hydrogen-bond acceptors (Lipinski definition) is 8. The lowest BCUT2D eigenvalue weighted by Gasteiger charge is -2.22. The Balaban J connectivity index is 1.72. The van der Waals surface area contributed by atoms with Crippen molar-refractivity contribution in [2.24, 2.45) is 0 Å². The van der Waals surface area contributed by atoms with Crippen LogP contribution in [-0.2, 0) is 16.6 Å². The molecule has 0 bridgehead atoms. The summed E-state index contributed by atoms with van der Waals surface area (Å²) in [5.74, 6) is -0.787. The summed E-state index contributed by atoms with van der Waals surface area (Å²) < 4.78 is 57.9. The van der Waals surface area contributed by atoms with Gasteiger partial charge in [0.1, 0.15) is 12.4 Å². The van der Waals surface area contributed by atoms with E-state index in [0.29, 0.717) is 12.1 Å². The summed E-state index contributed by atoms with van der Waals surface area (Å²) in [6.07, 6.45) is 3.33. The van der Waals surface area contributed by atoms with Gasteiger partial charge in [-0.3, -0.25) is 4.72 Å². The van der Waals surface area contributed by atoms with Crippen LogP contribution >= 0.6 is 11.5 Å². The third-order valence-corrected chi connectivity index (χ3v) is 7.94. The molecule has 0 radical (unpaired) electrons. The van der Waals surface area contributed by atoms with Crippen LogP contribution in [0.4, 0.5) is 14.9 Å². The molecule has 0 amide bonds. The van der Waals surface area contributed by atoms with Crippen LogP contribution in [0.25, 0.3) is 16.5 Å². The van der Waals surface area contributed by atoms with Gasteiger partial charge in [-0.25, -0.2) is 22.0 Å². The van der Waals surface area contributed by atoms with Crippen LogP contribution in [-0.4, -0.2) is 48.6 Å². The summed E-state index contributed by atoms with van der Waals surface area (Å²) in [5.41, 5.74) is 1.39. The number of sulfonamides is 1. The minimum absolute atomic E-state index is 0.0906. The minimum atomic E-state index is -4.28. The average Bonchev–Trinajstić information content (AvgIpc) is 3.32. The maximum absolute atomic E-state index is 14.0. The molecule has 0 aliphatic carbocycles. The predicted octanol–water partition coefficient (Wildman–Crippen LogP) is 5.05. The number of carboxylic acid groups (broad SMARTS) is 1. The first-order chi connectivity index (χ1) is 17.2. The quantitative estimate of drug-likeness (QED) is 0.290. The van der Waals surface area contributed by atoms with E-state index in [2.05, 4.69) is 14.0 Å². The summed E-state index contributed by atoms with van der Waals surface area (Å²) in [4.78, 5) is 14.1. The van der Waals surface area contributed by atoms with Crippen molar-refractivity contribution in [1.82, 2.24) is 9.27 Å². The first-order valence-electron chi connectivity index (χ1n) is 11.1.